The second-order valence-electron chi connectivity index (χ2n) is 8.31. The van der Waals surface area contributed by atoms with Crippen LogP contribution in [-0.4, -0.2) is 13.7 Å². The van der Waals surface area contributed by atoms with Crippen LogP contribution in [0.1, 0.15) is 89.0 Å². The zero-order chi connectivity index (χ0) is 15.7. The van der Waals surface area contributed by atoms with E-state index in [4.69, 9.17) is 4.74 Å². The first-order valence-corrected chi connectivity index (χ1v) is 7.94. The Morgan fingerprint density at radius 2 is 1.15 bits per heavy atom. The van der Waals surface area contributed by atoms with Gasteiger partial charge < -0.3 is 4.74 Å². The van der Waals surface area contributed by atoms with Crippen LogP contribution in [0.4, 0.5) is 0 Å². The van der Waals surface area contributed by atoms with Gasteiger partial charge in [-0.2, -0.15) is 0 Å². The maximum absolute atomic E-state index is 5.11. The minimum atomic E-state index is 0. The molecule has 1 nitrogen and oxygen atoms in total. The second-order valence-corrected chi connectivity index (χ2v) is 8.31. The van der Waals surface area contributed by atoms with Crippen molar-refractivity contribution in [2.45, 2.75) is 89.0 Å². The molecule has 0 rings (SSSR count). The van der Waals surface area contributed by atoms with Crippen LogP contribution < -0.4 is 0 Å². The Hall–Kier alpha value is -0.0400. The van der Waals surface area contributed by atoms with Gasteiger partial charge in [-0.25, -0.2) is 0 Å². The average Bonchev–Trinajstić information content (AvgIpc) is 2.14. The Labute approximate surface area is 130 Å². The third-order valence-corrected chi connectivity index (χ3v) is 3.41. The van der Waals surface area contributed by atoms with Crippen molar-refractivity contribution >= 4 is 0 Å². The Morgan fingerprint density at radius 1 is 0.800 bits per heavy atom. The summed E-state index contributed by atoms with van der Waals surface area (Å²) in [4.78, 5) is 0. The van der Waals surface area contributed by atoms with Crippen molar-refractivity contribution in [2.75, 3.05) is 13.7 Å². The summed E-state index contributed by atoms with van der Waals surface area (Å²) >= 11 is 0. The van der Waals surface area contributed by atoms with E-state index in [2.05, 4.69) is 62.3 Å². The molecule has 0 atom stereocenters. The first-order valence-electron chi connectivity index (χ1n) is 7.94. The van der Waals surface area contributed by atoms with Gasteiger partial charge in [0.25, 0.3) is 0 Å². The number of ether oxygens (including phenoxy) is 1. The first kappa shape index (κ1) is 24.9. The average molecular weight is 289 g/mol. The van der Waals surface area contributed by atoms with E-state index in [1.807, 2.05) is 0 Å². The van der Waals surface area contributed by atoms with Crippen molar-refractivity contribution < 1.29 is 4.74 Å². The van der Waals surface area contributed by atoms with Gasteiger partial charge in [0, 0.05) is 7.11 Å². The van der Waals surface area contributed by atoms with Gasteiger partial charge in [0.05, 0.1) is 6.61 Å². The summed E-state index contributed by atoms with van der Waals surface area (Å²) in [5.74, 6) is 1.62. The lowest BCUT2D eigenvalue weighted by molar-refractivity contribution is 0.0890. The van der Waals surface area contributed by atoms with Crippen LogP contribution >= 0.6 is 0 Å². The van der Waals surface area contributed by atoms with E-state index in [0.29, 0.717) is 10.8 Å². The summed E-state index contributed by atoms with van der Waals surface area (Å²) in [7, 11) is 1.77. The molecule has 20 heavy (non-hydrogen) atoms. The topological polar surface area (TPSA) is 9.23 Å². The lowest BCUT2D eigenvalue weighted by atomic mass is 9.82. The smallest absolute Gasteiger partial charge is 0.0513 e. The Bertz CT molecular complexity index is 202. The fraction of sp³-hybridized carbons (Fsp3) is 1.00. The molecule has 0 aliphatic rings. The number of hydrogen-bond acceptors (Lipinski definition) is 1. The standard InChI is InChI=1S/C9H20O.C9H20.CH4/c1-8(2)6-9(3,4)7-10-5;1-6-9(4,5)7-8(2)3;/h8H,6-7H2,1-5H3;8H,6-7H2,1-5H3;1H4. The van der Waals surface area contributed by atoms with Crippen molar-refractivity contribution in [3.63, 3.8) is 0 Å². The molecule has 0 aromatic rings. The summed E-state index contributed by atoms with van der Waals surface area (Å²) in [6.07, 6.45) is 3.88. The Morgan fingerprint density at radius 3 is 1.35 bits per heavy atom. The van der Waals surface area contributed by atoms with Gasteiger partial charge in [-0.05, 0) is 35.5 Å². The van der Waals surface area contributed by atoms with Crippen LogP contribution in [0.2, 0.25) is 0 Å². The zero-order valence-corrected chi connectivity index (χ0v) is 15.4. The van der Waals surface area contributed by atoms with Crippen molar-refractivity contribution in [3.05, 3.63) is 0 Å². The molecule has 1 heteroatoms. The van der Waals surface area contributed by atoms with Gasteiger partial charge >= 0.3 is 0 Å². The Kier molecular flexibility index (Phi) is 14.5. The highest BCUT2D eigenvalue weighted by atomic mass is 16.5. The van der Waals surface area contributed by atoms with Gasteiger partial charge in [-0.15, -0.1) is 0 Å². The molecule has 0 amide bonds. The fourth-order valence-corrected chi connectivity index (χ4v) is 2.80. The van der Waals surface area contributed by atoms with Crippen LogP contribution in [-0.2, 0) is 4.74 Å². The van der Waals surface area contributed by atoms with E-state index in [-0.39, 0.29) is 7.43 Å². The van der Waals surface area contributed by atoms with Crippen LogP contribution in [0.5, 0.6) is 0 Å². The Balaban J connectivity index is -0.000000277. The van der Waals surface area contributed by atoms with Gasteiger partial charge in [0.15, 0.2) is 0 Å². The highest BCUT2D eigenvalue weighted by Crippen LogP contribution is 2.28. The van der Waals surface area contributed by atoms with Crippen molar-refractivity contribution in [1.29, 1.82) is 0 Å². The molecule has 0 saturated carbocycles. The SMILES string of the molecule is C.CCC(C)(C)CC(C)C.COCC(C)(C)CC(C)C. The molecule has 0 bridgehead atoms. The molecular weight excluding hydrogens is 244 g/mol. The second kappa shape index (κ2) is 11.6. The molecule has 0 aliphatic heterocycles. The van der Waals surface area contributed by atoms with E-state index >= 15 is 0 Å². The van der Waals surface area contributed by atoms with Crippen molar-refractivity contribution in [2.24, 2.45) is 22.7 Å². The molecule has 0 radical (unpaired) electrons. The third-order valence-electron chi connectivity index (χ3n) is 3.41. The van der Waals surface area contributed by atoms with Gasteiger partial charge in [0.1, 0.15) is 0 Å². The van der Waals surface area contributed by atoms with Crippen LogP contribution in [0.3, 0.4) is 0 Å². The lowest BCUT2D eigenvalue weighted by Gasteiger charge is -2.25. The highest BCUT2D eigenvalue weighted by molar-refractivity contribution is 4.69. The lowest BCUT2D eigenvalue weighted by Crippen LogP contribution is -2.20. The monoisotopic (exact) mass is 288 g/mol. The van der Waals surface area contributed by atoms with Crippen LogP contribution in [0.15, 0.2) is 0 Å². The molecule has 0 unspecified atom stereocenters. The quantitative estimate of drug-likeness (QED) is 0.500. The molecule has 0 saturated heterocycles. The molecular formula is C19H44O. The fourth-order valence-electron chi connectivity index (χ4n) is 2.80. The molecule has 0 fully saturated rings. The molecule has 0 aliphatic carbocycles. The molecule has 0 aromatic carbocycles. The summed E-state index contributed by atoms with van der Waals surface area (Å²) in [6.45, 7) is 21.4. The number of rotatable bonds is 7. The molecule has 126 valence electrons. The van der Waals surface area contributed by atoms with E-state index in [1.165, 1.54) is 19.3 Å². The predicted molar refractivity (Wildman–Crippen MR) is 95.4 cm³/mol. The number of methoxy groups -OCH3 is 1. The summed E-state index contributed by atoms with van der Waals surface area (Å²) in [5.41, 5.74) is 0.914. The summed E-state index contributed by atoms with van der Waals surface area (Å²) in [5, 5.41) is 0. The van der Waals surface area contributed by atoms with Gasteiger partial charge in [0.2, 0.25) is 0 Å². The minimum Gasteiger partial charge on any atom is -0.384 e. The molecule has 0 N–H and O–H groups in total. The summed E-state index contributed by atoms with van der Waals surface area (Å²) < 4.78 is 5.11. The third kappa shape index (κ3) is 18.0. The zero-order valence-electron chi connectivity index (χ0n) is 15.4. The highest BCUT2D eigenvalue weighted by Gasteiger charge is 2.18. The largest absolute Gasteiger partial charge is 0.384 e. The van der Waals surface area contributed by atoms with Gasteiger partial charge in [-0.1, -0.05) is 76.2 Å². The maximum atomic E-state index is 5.11. The van der Waals surface area contributed by atoms with Crippen molar-refractivity contribution in [1.82, 2.24) is 0 Å². The number of hydrogen-bond donors (Lipinski definition) is 0. The molecule has 0 aromatic heterocycles. The summed E-state index contributed by atoms with van der Waals surface area (Å²) in [6, 6.07) is 0. The van der Waals surface area contributed by atoms with E-state index < -0.39 is 0 Å². The van der Waals surface area contributed by atoms with E-state index in [0.717, 1.165) is 18.4 Å². The van der Waals surface area contributed by atoms with Gasteiger partial charge in [-0.3, -0.25) is 0 Å². The predicted octanol–water partition coefficient (Wildman–Crippen LogP) is 6.81. The first-order chi connectivity index (χ1) is 8.45. The van der Waals surface area contributed by atoms with E-state index in [1.54, 1.807) is 7.11 Å². The van der Waals surface area contributed by atoms with Crippen LogP contribution in [0, 0.1) is 22.7 Å². The minimum absolute atomic E-state index is 0. The van der Waals surface area contributed by atoms with E-state index in [9.17, 15) is 0 Å². The van der Waals surface area contributed by atoms with Crippen molar-refractivity contribution in [3.8, 4) is 0 Å². The maximum Gasteiger partial charge on any atom is 0.0513 e. The molecule has 0 heterocycles. The van der Waals surface area contributed by atoms with Crippen LogP contribution in [0.25, 0.3) is 0 Å². The molecule has 0 spiro atoms. The normalized spacial score (nSPS) is 12.0.